The van der Waals surface area contributed by atoms with Gasteiger partial charge in [0.25, 0.3) is 0 Å². The lowest BCUT2D eigenvalue weighted by atomic mass is 10.1. The third-order valence-electron chi connectivity index (χ3n) is 6.84. The van der Waals surface area contributed by atoms with E-state index < -0.39 is 0 Å². The van der Waals surface area contributed by atoms with Crippen LogP contribution in [0.4, 0.5) is 0 Å². The van der Waals surface area contributed by atoms with Gasteiger partial charge in [-0.05, 0) is 53.2 Å². The van der Waals surface area contributed by atoms with Crippen LogP contribution in [0.1, 0.15) is 33.0 Å². The highest BCUT2D eigenvalue weighted by molar-refractivity contribution is 9.10. The van der Waals surface area contributed by atoms with E-state index in [9.17, 15) is 14.4 Å². The van der Waals surface area contributed by atoms with E-state index >= 15 is 0 Å². The number of aromatic nitrogens is 4. The Morgan fingerprint density at radius 2 is 1.82 bits per heavy atom. The molecule has 0 atom stereocenters. The van der Waals surface area contributed by atoms with Crippen LogP contribution in [0, 0.1) is 6.92 Å². The molecule has 4 aromatic rings. The number of amides is 2. The van der Waals surface area contributed by atoms with Crippen molar-refractivity contribution < 1.29 is 14.4 Å². The maximum atomic E-state index is 13.0. The number of hydrogen-bond donors (Lipinski definition) is 0. The van der Waals surface area contributed by atoms with Gasteiger partial charge in [-0.1, -0.05) is 46.6 Å². The summed E-state index contributed by atoms with van der Waals surface area (Å²) >= 11 is 9.55. The maximum Gasteiger partial charge on any atom is 0.242 e. The zero-order valence-electron chi connectivity index (χ0n) is 21.5. The molecule has 0 aliphatic carbocycles. The molecular formula is C28H26BrClN6O3. The number of nitrogens with zero attached hydrogens (tertiary/aromatic N) is 6. The van der Waals surface area contributed by atoms with Crippen LogP contribution in [0.3, 0.4) is 0 Å². The van der Waals surface area contributed by atoms with Gasteiger partial charge in [-0.2, -0.15) is 0 Å². The first kappa shape index (κ1) is 26.8. The van der Waals surface area contributed by atoms with Crippen molar-refractivity contribution in [2.24, 2.45) is 7.05 Å². The fraction of sp³-hybridized carbons (Fsp3) is 0.250. The molecule has 0 saturated carbocycles. The number of halogens is 2. The van der Waals surface area contributed by atoms with E-state index in [2.05, 4.69) is 26.2 Å². The highest BCUT2D eigenvalue weighted by Gasteiger charge is 2.28. The summed E-state index contributed by atoms with van der Waals surface area (Å²) in [5.41, 5.74) is 4.31. The predicted octanol–water partition coefficient (Wildman–Crippen LogP) is 3.97. The van der Waals surface area contributed by atoms with E-state index in [1.807, 2.05) is 31.2 Å². The van der Waals surface area contributed by atoms with Crippen molar-refractivity contribution in [3.05, 3.63) is 98.5 Å². The second-order valence-corrected chi connectivity index (χ2v) is 10.8. The van der Waals surface area contributed by atoms with Crippen molar-refractivity contribution in [3.63, 3.8) is 0 Å². The summed E-state index contributed by atoms with van der Waals surface area (Å²) in [6.45, 7) is 3.08. The van der Waals surface area contributed by atoms with Crippen LogP contribution in [-0.2, 0) is 29.6 Å². The summed E-state index contributed by atoms with van der Waals surface area (Å²) in [7, 11) is 1.78. The minimum Gasteiger partial charge on any atom is -0.344 e. The molecule has 11 heteroatoms. The Morgan fingerprint density at radius 1 is 1.05 bits per heavy atom. The smallest absolute Gasteiger partial charge is 0.242 e. The summed E-state index contributed by atoms with van der Waals surface area (Å²) in [6, 6.07) is 16.4. The summed E-state index contributed by atoms with van der Waals surface area (Å²) in [5.74, 6) is -0.408. The van der Waals surface area contributed by atoms with Gasteiger partial charge >= 0.3 is 0 Å². The summed E-state index contributed by atoms with van der Waals surface area (Å²) in [6.07, 6.45) is 1.87. The highest BCUT2D eigenvalue weighted by Crippen LogP contribution is 2.25. The second kappa shape index (κ2) is 11.2. The van der Waals surface area contributed by atoms with Crippen molar-refractivity contribution >= 4 is 45.1 Å². The maximum absolute atomic E-state index is 13.0. The first-order valence-corrected chi connectivity index (χ1v) is 13.5. The van der Waals surface area contributed by atoms with Crippen molar-refractivity contribution in [3.8, 4) is 5.69 Å². The number of benzene rings is 2. The first-order chi connectivity index (χ1) is 18.7. The van der Waals surface area contributed by atoms with Gasteiger partial charge in [0.2, 0.25) is 17.6 Å². The quantitative estimate of drug-likeness (QED) is 0.296. The minimum atomic E-state index is -0.156. The molecule has 0 unspecified atom stereocenters. The topological polar surface area (TPSA) is 93.3 Å². The van der Waals surface area contributed by atoms with E-state index in [1.54, 1.807) is 62.6 Å². The van der Waals surface area contributed by atoms with Crippen LogP contribution in [0.15, 0.2) is 65.3 Å². The van der Waals surface area contributed by atoms with E-state index in [0.29, 0.717) is 41.6 Å². The molecule has 0 radical (unpaired) electrons. The van der Waals surface area contributed by atoms with E-state index in [4.69, 9.17) is 11.6 Å². The number of rotatable bonds is 7. The van der Waals surface area contributed by atoms with Crippen molar-refractivity contribution in [1.82, 2.24) is 29.4 Å². The average molecular weight is 610 g/mol. The van der Waals surface area contributed by atoms with Gasteiger partial charge in [0.1, 0.15) is 5.69 Å². The Hall–Kier alpha value is -3.76. The highest BCUT2D eigenvalue weighted by atomic mass is 79.9. The molecule has 3 heterocycles. The molecular weight excluding hydrogens is 584 g/mol. The molecule has 1 saturated heterocycles. The minimum absolute atomic E-state index is 0.00509. The first-order valence-electron chi connectivity index (χ1n) is 12.4. The van der Waals surface area contributed by atoms with Gasteiger partial charge in [0.15, 0.2) is 0 Å². The number of aryl methyl sites for hydroxylation is 1. The molecule has 39 heavy (non-hydrogen) atoms. The van der Waals surface area contributed by atoms with Crippen LogP contribution < -0.4 is 0 Å². The molecule has 9 nitrogen and oxygen atoms in total. The molecule has 0 bridgehead atoms. The third kappa shape index (κ3) is 5.81. The number of ketones is 1. The van der Waals surface area contributed by atoms with Crippen molar-refractivity contribution in [2.45, 2.75) is 19.9 Å². The standard InChI is InChI=1S/C28H26BrClN6O3/c1-18-3-5-19(6-4-18)28(39)25-10-8-21(33(25)2)14-26(37)35-12-11-34(27(38)17-35)15-20-16-36(32-31-20)22-7-9-23(29)24(30)13-22/h3-10,13,16H,11-12,14-15,17H2,1-2H3. The molecule has 2 aromatic heterocycles. The fourth-order valence-electron chi connectivity index (χ4n) is 4.49. The van der Waals surface area contributed by atoms with E-state index in [0.717, 1.165) is 21.4 Å². The van der Waals surface area contributed by atoms with Crippen LogP contribution in [-0.4, -0.2) is 66.6 Å². The SMILES string of the molecule is Cc1ccc(C(=O)c2ccc(CC(=O)N3CCN(Cc4cn(-c5ccc(Br)c(Cl)c5)nn4)C(=O)C3)n2C)cc1. The molecule has 1 aliphatic heterocycles. The largest absolute Gasteiger partial charge is 0.344 e. The van der Waals surface area contributed by atoms with Gasteiger partial charge in [0.05, 0.1) is 42.1 Å². The Kier molecular flexibility index (Phi) is 7.67. The van der Waals surface area contributed by atoms with E-state index in [1.165, 1.54) is 0 Å². The Balaban J connectivity index is 1.18. The second-order valence-electron chi connectivity index (χ2n) is 9.52. The molecule has 0 spiro atoms. The van der Waals surface area contributed by atoms with Crippen LogP contribution in [0.25, 0.3) is 5.69 Å². The number of hydrogen-bond acceptors (Lipinski definition) is 5. The summed E-state index contributed by atoms with van der Waals surface area (Å²) < 4.78 is 4.14. The van der Waals surface area contributed by atoms with Crippen LogP contribution >= 0.6 is 27.5 Å². The van der Waals surface area contributed by atoms with Crippen molar-refractivity contribution in [1.29, 1.82) is 0 Å². The monoisotopic (exact) mass is 608 g/mol. The molecule has 2 amide bonds. The Labute approximate surface area is 239 Å². The molecule has 1 fully saturated rings. The van der Waals surface area contributed by atoms with Crippen molar-refractivity contribution in [2.75, 3.05) is 19.6 Å². The third-order valence-corrected chi connectivity index (χ3v) is 8.07. The number of piperazine rings is 1. The fourth-order valence-corrected chi connectivity index (χ4v) is 4.91. The van der Waals surface area contributed by atoms with Gasteiger partial charge in [-0.15, -0.1) is 5.10 Å². The molecule has 5 rings (SSSR count). The molecule has 200 valence electrons. The lowest BCUT2D eigenvalue weighted by molar-refractivity contribution is -0.145. The van der Waals surface area contributed by atoms with Crippen LogP contribution in [0.5, 0.6) is 0 Å². The normalized spacial score (nSPS) is 13.7. The van der Waals surface area contributed by atoms with Crippen LogP contribution in [0.2, 0.25) is 5.02 Å². The lowest BCUT2D eigenvalue weighted by Crippen LogP contribution is -2.52. The lowest BCUT2D eigenvalue weighted by Gasteiger charge is -2.34. The van der Waals surface area contributed by atoms with Gasteiger partial charge in [-0.3, -0.25) is 14.4 Å². The number of carbonyl (C=O) groups is 3. The molecule has 1 aliphatic rings. The molecule has 0 N–H and O–H groups in total. The average Bonchev–Trinajstić information content (AvgIpc) is 3.53. The number of carbonyl (C=O) groups excluding carboxylic acids is 3. The van der Waals surface area contributed by atoms with E-state index in [-0.39, 0.29) is 30.6 Å². The zero-order valence-corrected chi connectivity index (χ0v) is 23.8. The summed E-state index contributed by atoms with van der Waals surface area (Å²) in [5, 5.41) is 8.90. The predicted molar refractivity (Wildman–Crippen MR) is 150 cm³/mol. The summed E-state index contributed by atoms with van der Waals surface area (Å²) in [4.78, 5) is 42.1. The molecule has 2 aromatic carbocycles. The Bertz CT molecular complexity index is 1560. The Morgan fingerprint density at radius 3 is 2.54 bits per heavy atom. The zero-order chi connectivity index (χ0) is 27.7. The van der Waals surface area contributed by atoms with Gasteiger partial charge in [0, 0.05) is 35.9 Å². The van der Waals surface area contributed by atoms with Gasteiger partial charge in [-0.25, -0.2) is 4.68 Å². The van der Waals surface area contributed by atoms with Gasteiger partial charge < -0.3 is 14.4 Å².